The maximum atomic E-state index is 11.0. The molecule has 0 saturated heterocycles. The highest BCUT2D eigenvalue weighted by Gasteiger charge is 2.01. The second-order valence-electron chi connectivity index (χ2n) is 2.29. The molecular formula is C8H8INO. The van der Waals surface area contributed by atoms with Crippen LogP contribution in [0.5, 0.6) is 0 Å². The van der Waals surface area contributed by atoms with Crippen LogP contribution in [0.15, 0.2) is 18.2 Å². The van der Waals surface area contributed by atoms with Crippen LogP contribution in [-0.4, -0.2) is 5.91 Å². The van der Waals surface area contributed by atoms with Gasteiger partial charge in [0.15, 0.2) is 1.41 Å². The van der Waals surface area contributed by atoms with Gasteiger partial charge in [0.05, 0.1) is 0 Å². The molecule has 11 heavy (non-hydrogen) atoms. The maximum absolute atomic E-state index is 11.0. The van der Waals surface area contributed by atoms with Gasteiger partial charge in [0.2, 0.25) is 5.91 Å². The minimum Gasteiger partial charge on any atom is -0.366 e. The van der Waals surface area contributed by atoms with Gasteiger partial charge in [0.25, 0.3) is 0 Å². The van der Waals surface area contributed by atoms with Gasteiger partial charge in [-0.05, 0) is 47.2 Å². The molecule has 1 aromatic rings. The third kappa shape index (κ3) is 1.92. The lowest BCUT2D eigenvalue weighted by atomic mass is 10.1. The van der Waals surface area contributed by atoms with Gasteiger partial charge < -0.3 is 5.73 Å². The summed E-state index contributed by atoms with van der Waals surface area (Å²) in [6.45, 7) is 1.98. The quantitative estimate of drug-likeness (QED) is 0.769. The number of amides is 1. The van der Waals surface area contributed by atoms with E-state index < -0.39 is 0 Å². The number of carbonyl (C=O) groups is 1. The minimum atomic E-state index is -0.368. The molecule has 1 amide bonds. The van der Waals surface area contributed by atoms with Gasteiger partial charge in [-0.25, -0.2) is 0 Å². The van der Waals surface area contributed by atoms with Gasteiger partial charge in [-0.1, -0.05) is 6.07 Å². The Morgan fingerprint density at radius 2 is 2.45 bits per heavy atom. The lowest BCUT2D eigenvalue weighted by Gasteiger charge is -1.98. The van der Waals surface area contributed by atoms with E-state index in [0.29, 0.717) is 5.56 Å². The number of nitrogens with two attached hydrogens (primary N) is 1. The normalized spacial score (nSPS) is 10.5. The number of rotatable bonds is 1. The van der Waals surface area contributed by atoms with Crippen LogP contribution in [0.4, 0.5) is 0 Å². The summed E-state index contributed by atoms with van der Waals surface area (Å²) in [5.41, 5.74) is 3.50. The van der Waals surface area contributed by atoms with E-state index in [1.54, 1.807) is 12.1 Å². The van der Waals surface area contributed by atoms with Crippen molar-refractivity contribution < 1.29 is 6.21 Å². The molecule has 58 valence electrons. The van der Waals surface area contributed by atoms with Gasteiger partial charge in [-0.2, -0.15) is 0 Å². The fourth-order valence-electron chi connectivity index (χ4n) is 0.734. The average Bonchev–Trinajstić information content (AvgIpc) is 2.08. The zero-order valence-electron chi connectivity index (χ0n) is 7.02. The molecular weight excluding hydrogens is 253 g/mol. The van der Waals surface area contributed by atoms with Gasteiger partial charge >= 0.3 is 0 Å². The number of hydrogen-bond donors (Lipinski definition) is 1. The Kier molecular flexibility index (Phi) is 2.07. The van der Waals surface area contributed by atoms with Crippen molar-refractivity contribution in [1.82, 2.24) is 0 Å². The lowest BCUT2D eigenvalue weighted by Crippen LogP contribution is -2.10. The summed E-state index contributed by atoms with van der Waals surface area (Å²) >= 11 is 2.16. The van der Waals surface area contributed by atoms with E-state index in [9.17, 15) is 4.79 Å². The molecule has 1 aromatic carbocycles. The zero-order chi connectivity index (χ0) is 9.14. The first-order valence-corrected chi connectivity index (χ1v) is 4.21. The van der Waals surface area contributed by atoms with E-state index in [4.69, 9.17) is 1.41 Å². The fraction of sp³-hybridized carbons (Fsp3) is 0.125. The Labute approximate surface area is 80.4 Å². The van der Waals surface area contributed by atoms with Gasteiger partial charge in [-0.15, -0.1) is 0 Å². The Hall–Kier alpha value is -0.580. The summed E-state index contributed by atoms with van der Waals surface area (Å²) in [4.78, 5) is 11.0. The first-order valence-electron chi connectivity index (χ1n) is 3.63. The molecule has 2 nitrogen and oxygen atoms in total. The van der Waals surface area contributed by atoms with E-state index >= 15 is 0 Å². The Bertz CT molecular complexity index is 314. The zero-order valence-corrected chi connectivity index (χ0v) is 8.18. The molecule has 0 aromatic heterocycles. The predicted molar refractivity (Wildman–Crippen MR) is 52.4 cm³/mol. The van der Waals surface area contributed by atoms with E-state index in [-0.39, 0.29) is 5.91 Å². The van der Waals surface area contributed by atoms with Crippen molar-refractivity contribution >= 4 is 28.5 Å². The number of benzene rings is 1. The Morgan fingerprint density at radius 1 is 1.73 bits per heavy atom. The molecule has 0 atom stereocenters. The number of halogens is 1. The molecule has 0 radical (unpaired) electrons. The van der Waals surface area contributed by atoms with Crippen LogP contribution in [0.2, 0.25) is 1.41 Å². The highest BCUT2D eigenvalue weighted by molar-refractivity contribution is 14.1. The summed E-state index contributed by atoms with van der Waals surface area (Å²) in [7, 11) is 0. The Morgan fingerprint density at radius 3 is 3.00 bits per heavy atom. The lowest BCUT2D eigenvalue weighted by molar-refractivity contribution is 0.100. The molecule has 2 N–H and O–H groups in total. The summed E-state index contributed by atoms with van der Waals surface area (Å²) < 4.78 is 7.70. The average molecular weight is 262 g/mol. The van der Waals surface area contributed by atoms with Crippen LogP contribution < -0.4 is 5.73 Å². The molecule has 0 bridgehead atoms. The van der Waals surface area contributed by atoms with E-state index in [2.05, 4.69) is 22.6 Å². The van der Waals surface area contributed by atoms with Crippen molar-refractivity contribution in [1.29, 1.82) is 0 Å². The molecule has 1 rings (SSSR count). The number of carbonyl (C=O) groups excluding carboxylic acids is 1. The Balaban J connectivity index is 3.05. The molecule has 0 aliphatic rings. The van der Waals surface area contributed by atoms with Crippen LogP contribution >= 0.6 is 22.6 Å². The SMILES string of the molecule is [2H]NC(=O)c1ccc(C)c(I)c1. The van der Waals surface area contributed by atoms with E-state index in [1.165, 1.54) is 0 Å². The predicted octanol–water partition coefficient (Wildman–Crippen LogP) is 1.70. The third-order valence-corrected chi connectivity index (χ3v) is 2.60. The third-order valence-electron chi connectivity index (χ3n) is 1.43. The van der Waals surface area contributed by atoms with Crippen molar-refractivity contribution in [3.8, 4) is 0 Å². The molecule has 0 saturated carbocycles. The second kappa shape index (κ2) is 3.21. The minimum absolute atomic E-state index is 0.368. The number of hydrogen-bond acceptors (Lipinski definition) is 1. The topological polar surface area (TPSA) is 43.1 Å². The highest BCUT2D eigenvalue weighted by atomic mass is 127. The molecule has 0 aliphatic carbocycles. The highest BCUT2D eigenvalue weighted by Crippen LogP contribution is 2.12. The van der Waals surface area contributed by atoms with Crippen LogP contribution in [0.1, 0.15) is 15.9 Å². The van der Waals surface area contributed by atoms with Crippen LogP contribution in [-0.2, 0) is 0 Å². The summed E-state index contributed by atoms with van der Waals surface area (Å²) in [6.07, 6.45) is 0. The standard InChI is InChI=1S/C8H8INO/c1-5-2-3-6(8(10)11)4-7(5)9/h2-4H,1H3,(H2,10,11)/i/hD. The van der Waals surface area contributed by atoms with E-state index in [1.807, 2.05) is 18.7 Å². The largest absolute Gasteiger partial charge is 0.366 e. The van der Waals surface area contributed by atoms with Gasteiger partial charge in [0.1, 0.15) is 0 Å². The smallest absolute Gasteiger partial charge is 0.248 e. The maximum Gasteiger partial charge on any atom is 0.248 e. The molecule has 3 heteroatoms. The summed E-state index contributed by atoms with van der Waals surface area (Å²) in [5.74, 6) is -0.368. The summed E-state index contributed by atoms with van der Waals surface area (Å²) in [6, 6.07) is 5.34. The second-order valence-corrected chi connectivity index (χ2v) is 3.46. The molecule has 0 fully saturated rings. The van der Waals surface area contributed by atoms with Crippen molar-refractivity contribution in [2.75, 3.05) is 0 Å². The van der Waals surface area contributed by atoms with Crippen molar-refractivity contribution in [2.45, 2.75) is 6.92 Å². The number of aryl methyl sites for hydroxylation is 1. The molecule has 0 heterocycles. The van der Waals surface area contributed by atoms with Crippen LogP contribution in [0.25, 0.3) is 0 Å². The first-order chi connectivity index (χ1) is 5.65. The summed E-state index contributed by atoms with van der Waals surface area (Å²) in [5, 5.41) is 0. The molecule has 0 unspecified atom stereocenters. The van der Waals surface area contributed by atoms with Crippen LogP contribution in [0, 0.1) is 10.5 Å². The monoisotopic (exact) mass is 262 g/mol. The first kappa shape index (κ1) is 7.09. The molecule has 0 spiro atoms. The van der Waals surface area contributed by atoms with Gasteiger partial charge in [0, 0.05) is 9.13 Å². The van der Waals surface area contributed by atoms with E-state index in [0.717, 1.165) is 9.13 Å². The number of primary amides is 1. The van der Waals surface area contributed by atoms with Gasteiger partial charge in [-0.3, -0.25) is 4.79 Å². The van der Waals surface area contributed by atoms with Crippen molar-refractivity contribution in [3.63, 3.8) is 0 Å². The van der Waals surface area contributed by atoms with Crippen molar-refractivity contribution in [3.05, 3.63) is 32.9 Å². The fourth-order valence-corrected chi connectivity index (χ4v) is 1.25. The molecule has 0 aliphatic heterocycles. The van der Waals surface area contributed by atoms with Crippen molar-refractivity contribution in [2.24, 2.45) is 5.73 Å². The van der Waals surface area contributed by atoms with Crippen LogP contribution in [0.3, 0.4) is 0 Å².